The topological polar surface area (TPSA) is 32.3 Å². The van der Waals surface area contributed by atoms with Gasteiger partial charge in [-0.15, -0.1) is 12.6 Å². The van der Waals surface area contributed by atoms with Gasteiger partial charge in [-0.3, -0.25) is 0 Å². The second kappa shape index (κ2) is 4.28. The van der Waals surface area contributed by atoms with E-state index in [1.165, 1.54) is 0 Å². The molecule has 4 heteroatoms. The largest absolute Gasteiger partial charge is 0.393 e. The lowest BCUT2D eigenvalue weighted by Crippen LogP contribution is -2.35. The Balaban J connectivity index is 2.22. The van der Waals surface area contributed by atoms with Crippen LogP contribution in [0, 0.1) is 0 Å². The van der Waals surface area contributed by atoms with Crippen molar-refractivity contribution in [1.82, 2.24) is 5.32 Å². The minimum atomic E-state index is -0.0958. The Kier molecular flexibility index (Phi) is 3.62. The summed E-state index contributed by atoms with van der Waals surface area (Å²) in [6.45, 7) is 0. The van der Waals surface area contributed by atoms with E-state index in [2.05, 4.69) is 17.9 Å². The fourth-order valence-corrected chi connectivity index (χ4v) is 1.74. The van der Waals surface area contributed by atoms with E-state index in [1.54, 1.807) is 0 Å². The van der Waals surface area contributed by atoms with E-state index < -0.39 is 0 Å². The summed E-state index contributed by atoms with van der Waals surface area (Å²) in [4.78, 5) is 0. The molecule has 64 valence electrons. The first-order valence-corrected chi connectivity index (χ1v) is 4.71. The molecule has 11 heavy (non-hydrogen) atoms. The molecule has 1 rings (SSSR count). The summed E-state index contributed by atoms with van der Waals surface area (Å²) in [5.41, 5.74) is 0. The molecule has 0 bridgehead atoms. The third-order valence-corrected chi connectivity index (χ3v) is 2.27. The quantitative estimate of drug-likeness (QED) is 0.428. The molecule has 0 aromatic rings. The summed E-state index contributed by atoms with van der Waals surface area (Å²) in [7, 11) is 0. The highest BCUT2D eigenvalue weighted by Crippen LogP contribution is 2.18. The van der Waals surface area contributed by atoms with Crippen LogP contribution in [0.3, 0.4) is 0 Å². The molecule has 0 saturated heterocycles. The van der Waals surface area contributed by atoms with E-state index in [9.17, 15) is 5.11 Å². The number of rotatable bonds is 1. The van der Waals surface area contributed by atoms with Crippen LogP contribution < -0.4 is 5.32 Å². The molecule has 0 unspecified atom stereocenters. The van der Waals surface area contributed by atoms with Crippen molar-refractivity contribution in [3.05, 3.63) is 0 Å². The molecule has 0 amide bonds. The first-order valence-electron chi connectivity index (χ1n) is 3.86. The standard InChI is InChI=1S/C7H13NOS2/c9-6-3-1-5(2-4-6)8-7(10)11/h5-6,9H,1-4H2,(H2,8,10,11). The predicted octanol–water partition coefficient (Wildman–Crippen LogP) is 1.09. The molecule has 1 aliphatic carbocycles. The van der Waals surface area contributed by atoms with Gasteiger partial charge < -0.3 is 10.4 Å². The van der Waals surface area contributed by atoms with Gasteiger partial charge in [0.2, 0.25) is 0 Å². The molecule has 0 aliphatic heterocycles. The fourth-order valence-electron chi connectivity index (χ4n) is 1.39. The van der Waals surface area contributed by atoms with Crippen molar-refractivity contribution in [2.24, 2.45) is 0 Å². The van der Waals surface area contributed by atoms with Crippen molar-refractivity contribution >= 4 is 29.2 Å². The van der Waals surface area contributed by atoms with Crippen LogP contribution in [-0.4, -0.2) is 21.6 Å². The molecule has 2 nitrogen and oxygen atoms in total. The lowest BCUT2D eigenvalue weighted by molar-refractivity contribution is 0.120. The maximum absolute atomic E-state index is 9.18. The molecule has 0 aromatic heterocycles. The number of hydrogen-bond donors (Lipinski definition) is 3. The third kappa shape index (κ3) is 3.40. The van der Waals surface area contributed by atoms with Crippen molar-refractivity contribution in [2.45, 2.75) is 37.8 Å². The van der Waals surface area contributed by atoms with Gasteiger partial charge in [0.1, 0.15) is 4.32 Å². The molecule has 2 N–H and O–H groups in total. The van der Waals surface area contributed by atoms with E-state index in [4.69, 9.17) is 12.2 Å². The molecule has 1 saturated carbocycles. The van der Waals surface area contributed by atoms with Crippen molar-refractivity contribution in [2.75, 3.05) is 0 Å². The lowest BCUT2D eigenvalue weighted by atomic mass is 9.93. The summed E-state index contributed by atoms with van der Waals surface area (Å²) in [6.07, 6.45) is 3.67. The summed E-state index contributed by atoms with van der Waals surface area (Å²) >= 11 is 8.79. The summed E-state index contributed by atoms with van der Waals surface area (Å²) in [6, 6.07) is 0.434. The molecule has 0 heterocycles. The van der Waals surface area contributed by atoms with Crippen LogP contribution in [0.15, 0.2) is 0 Å². The van der Waals surface area contributed by atoms with Crippen LogP contribution in [0.5, 0.6) is 0 Å². The van der Waals surface area contributed by atoms with E-state index in [0.717, 1.165) is 25.7 Å². The van der Waals surface area contributed by atoms with Gasteiger partial charge in [0.05, 0.1) is 6.10 Å². The molecule has 0 spiro atoms. The normalized spacial score (nSPS) is 31.5. The highest BCUT2D eigenvalue weighted by atomic mass is 32.1. The second-order valence-corrected chi connectivity index (χ2v) is 4.11. The van der Waals surface area contributed by atoms with Gasteiger partial charge in [0.25, 0.3) is 0 Å². The zero-order chi connectivity index (χ0) is 8.27. The minimum absolute atomic E-state index is 0.0958. The summed E-state index contributed by atoms with van der Waals surface area (Å²) in [5, 5.41) is 12.3. The van der Waals surface area contributed by atoms with Crippen molar-refractivity contribution in [3.63, 3.8) is 0 Å². The third-order valence-electron chi connectivity index (χ3n) is 2.02. The van der Waals surface area contributed by atoms with Crippen molar-refractivity contribution in [1.29, 1.82) is 0 Å². The van der Waals surface area contributed by atoms with Gasteiger partial charge in [0, 0.05) is 6.04 Å². The Bertz CT molecular complexity index is 143. The van der Waals surface area contributed by atoms with E-state index >= 15 is 0 Å². The van der Waals surface area contributed by atoms with Gasteiger partial charge in [-0.05, 0) is 25.7 Å². The first kappa shape index (κ1) is 9.29. The van der Waals surface area contributed by atoms with E-state index in [0.29, 0.717) is 10.4 Å². The van der Waals surface area contributed by atoms with Gasteiger partial charge in [-0.1, -0.05) is 12.2 Å². The molecule has 1 aliphatic rings. The van der Waals surface area contributed by atoms with Crippen molar-refractivity contribution in [3.8, 4) is 0 Å². The maximum atomic E-state index is 9.18. The van der Waals surface area contributed by atoms with Crippen molar-refractivity contribution < 1.29 is 5.11 Å². The summed E-state index contributed by atoms with van der Waals surface area (Å²) < 4.78 is 0.561. The number of aliphatic hydroxyl groups excluding tert-OH is 1. The lowest BCUT2D eigenvalue weighted by Gasteiger charge is -2.26. The zero-order valence-corrected chi connectivity index (χ0v) is 8.00. The fraction of sp³-hybridized carbons (Fsp3) is 0.857. The SMILES string of the molecule is OC1CCC(NC(=S)S)CC1. The molecular weight excluding hydrogens is 178 g/mol. The van der Waals surface area contributed by atoms with E-state index in [1.807, 2.05) is 0 Å². The van der Waals surface area contributed by atoms with Gasteiger partial charge in [-0.25, -0.2) is 0 Å². The minimum Gasteiger partial charge on any atom is -0.393 e. The Labute approximate surface area is 77.8 Å². The van der Waals surface area contributed by atoms with E-state index in [-0.39, 0.29) is 6.10 Å². The van der Waals surface area contributed by atoms with Gasteiger partial charge >= 0.3 is 0 Å². The van der Waals surface area contributed by atoms with Gasteiger partial charge in [-0.2, -0.15) is 0 Å². The first-order chi connectivity index (χ1) is 5.18. The molecular formula is C7H13NOS2. The average molecular weight is 191 g/mol. The monoisotopic (exact) mass is 191 g/mol. The number of aliphatic hydroxyl groups is 1. The average Bonchev–Trinajstić information content (AvgIpc) is 1.93. The molecule has 0 radical (unpaired) electrons. The van der Waals surface area contributed by atoms with Crippen LogP contribution in [0.2, 0.25) is 0 Å². The van der Waals surface area contributed by atoms with Crippen LogP contribution in [0.1, 0.15) is 25.7 Å². The van der Waals surface area contributed by atoms with Crippen LogP contribution in [-0.2, 0) is 0 Å². The maximum Gasteiger partial charge on any atom is 0.130 e. The Morgan fingerprint density at radius 2 is 1.91 bits per heavy atom. The number of thiocarbonyl (C=S) groups is 1. The summed E-state index contributed by atoms with van der Waals surface area (Å²) in [5.74, 6) is 0. The van der Waals surface area contributed by atoms with Gasteiger partial charge in [0.15, 0.2) is 0 Å². The van der Waals surface area contributed by atoms with Crippen LogP contribution in [0.4, 0.5) is 0 Å². The number of nitrogens with one attached hydrogen (secondary N) is 1. The Hall–Kier alpha value is 0.200. The van der Waals surface area contributed by atoms with Crippen LogP contribution in [0.25, 0.3) is 0 Å². The number of thiol groups is 1. The smallest absolute Gasteiger partial charge is 0.130 e. The number of hydrogen-bond acceptors (Lipinski definition) is 2. The highest BCUT2D eigenvalue weighted by molar-refractivity contribution is 8.11. The van der Waals surface area contributed by atoms with Crippen LogP contribution >= 0.6 is 24.8 Å². The Morgan fingerprint density at radius 1 is 1.36 bits per heavy atom. The highest BCUT2D eigenvalue weighted by Gasteiger charge is 2.18. The molecule has 0 atom stereocenters. The zero-order valence-electron chi connectivity index (χ0n) is 6.29. The predicted molar refractivity (Wildman–Crippen MR) is 53.0 cm³/mol. The second-order valence-electron chi connectivity index (χ2n) is 2.95. The Morgan fingerprint density at radius 3 is 2.36 bits per heavy atom. The molecule has 0 aromatic carbocycles. The molecule has 1 fully saturated rings.